The topological polar surface area (TPSA) is 44.1 Å². The van der Waals surface area contributed by atoms with E-state index in [1.165, 1.54) is 6.42 Å². The molecular formula is C26H32ClF3N2O. The fourth-order valence-corrected chi connectivity index (χ4v) is 3.68. The van der Waals surface area contributed by atoms with E-state index in [1.807, 2.05) is 24.0 Å². The average Bonchev–Trinajstić information content (AvgIpc) is 3.17. The second-order valence-corrected chi connectivity index (χ2v) is 8.50. The normalized spacial score (nSPS) is 15.7. The van der Waals surface area contributed by atoms with E-state index in [-0.39, 0.29) is 5.56 Å². The third-order valence-corrected chi connectivity index (χ3v) is 6.08. The molecule has 1 fully saturated rings. The fraction of sp³-hybridized carbons (Fsp3) is 0.462. The molecule has 0 saturated carbocycles. The molecular weight excluding hydrogens is 449 g/mol. The maximum Gasteiger partial charge on any atom is 0.222 e. The van der Waals surface area contributed by atoms with E-state index in [0.717, 1.165) is 31.1 Å². The van der Waals surface area contributed by atoms with E-state index in [9.17, 15) is 18.0 Å². The van der Waals surface area contributed by atoms with Crippen LogP contribution in [0.5, 0.6) is 0 Å². The van der Waals surface area contributed by atoms with Gasteiger partial charge in [-0.25, -0.2) is 13.2 Å². The second kappa shape index (κ2) is 13.9. The Labute approximate surface area is 200 Å². The van der Waals surface area contributed by atoms with Crippen LogP contribution in [0.3, 0.4) is 0 Å². The Morgan fingerprint density at radius 1 is 1.18 bits per heavy atom. The van der Waals surface area contributed by atoms with Gasteiger partial charge in [0, 0.05) is 25.6 Å². The summed E-state index contributed by atoms with van der Waals surface area (Å²) in [5.41, 5.74) is 1.68. The first-order chi connectivity index (χ1) is 15.6. The Kier molecular flexibility index (Phi) is 12.0. The SMILES string of the molecule is CCC(C)C1CC(=O)N(CC)C1.CCc1cc(F)cc(F)c1F.Cc1ccc(C#N)c(Cl)c1. The molecule has 7 heteroatoms. The molecule has 2 unspecified atom stereocenters. The Hall–Kier alpha value is -2.52. The number of carbonyl (C=O) groups is 1. The second-order valence-electron chi connectivity index (χ2n) is 8.09. The third kappa shape index (κ3) is 8.74. The lowest BCUT2D eigenvalue weighted by Gasteiger charge is -2.17. The van der Waals surface area contributed by atoms with Gasteiger partial charge in [-0.15, -0.1) is 0 Å². The molecule has 0 spiro atoms. The van der Waals surface area contributed by atoms with E-state index >= 15 is 0 Å². The molecule has 2 aromatic rings. The zero-order valence-electron chi connectivity index (χ0n) is 19.9. The van der Waals surface area contributed by atoms with Crippen molar-refractivity contribution in [2.75, 3.05) is 13.1 Å². The maximum absolute atomic E-state index is 12.6. The highest BCUT2D eigenvalue weighted by Gasteiger charge is 2.30. The summed E-state index contributed by atoms with van der Waals surface area (Å²) >= 11 is 5.71. The van der Waals surface area contributed by atoms with Crippen LogP contribution in [-0.2, 0) is 11.2 Å². The van der Waals surface area contributed by atoms with E-state index in [1.54, 1.807) is 19.1 Å². The first-order valence-electron chi connectivity index (χ1n) is 11.1. The molecule has 0 aliphatic carbocycles. The lowest BCUT2D eigenvalue weighted by atomic mass is 9.91. The lowest BCUT2D eigenvalue weighted by Crippen LogP contribution is -2.25. The molecule has 2 atom stereocenters. The molecule has 180 valence electrons. The third-order valence-electron chi connectivity index (χ3n) is 5.77. The molecule has 2 aromatic carbocycles. The number of carbonyl (C=O) groups excluding carboxylic acids is 1. The molecule has 0 aromatic heterocycles. The molecule has 1 amide bonds. The summed E-state index contributed by atoms with van der Waals surface area (Å²) in [6.45, 7) is 11.9. The summed E-state index contributed by atoms with van der Waals surface area (Å²) in [7, 11) is 0. The summed E-state index contributed by atoms with van der Waals surface area (Å²) < 4.78 is 37.4. The molecule has 1 saturated heterocycles. The molecule has 0 bridgehead atoms. The Balaban J connectivity index is 0.000000249. The average molecular weight is 481 g/mol. The monoisotopic (exact) mass is 480 g/mol. The number of halogens is 4. The number of benzene rings is 2. The molecule has 3 rings (SSSR count). The van der Waals surface area contributed by atoms with Gasteiger partial charge in [0.15, 0.2) is 11.6 Å². The highest BCUT2D eigenvalue weighted by atomic mass is 35.5. The van der Waals surface area contributed by atoms with Crippen LogP contribution >= 0.6 is 11.6 Å². The zero-order chi connectivity index (χ0) is 25.1. The summed E-state index contributed by atoms with van der Waals surface area (Å²) in [5.74, 6) is -1.15. The lowest BCUT2D eigenvalue weighted by molar-refractivity contribution is -0.127. The number of nitrogens with zero attached hydrogens (tertiary/aromatic N) is 2. The first-order valence-corrected chi connectivity index (χ1v) is 11.5. The fourth-order valence-electron chi connectivity index (χ4n) is 3.40. The minimum absolute atomic E-state index is 0.0718. The van der Waals surface area contributed by atoms with Gasteiger partial charge in [0.25, 0.3) is 0 Å². The summed E-state index contributed by atoms with van der Waals surface area (Å²) in [4.78, 5) is 13.3. The standard InChI is InChI=1S/C10H19NO.C8H6ClN.C8H7F3/c1-4-8(3)9-6-10(12)11(5-2)7-9;1-6-2-3-7(5-10)8(9)4-6;1-2-5-3-6(9)4-7(10)8(5)11/h8-9H,4-7H2,1-3H3;2-4H,1H3;3-4H,2H2,1H3. The molecule has 33 heavy (non-hydrogen) atoms. The Morgan fingerprint density at radius 3 is 2.33 bits per heavy atom. The molecule has 0 radical (unpaired) electrons. The number of rotatable bonds is 4. The molecule has 1 aliphatic rings. The van der Waals surface area contributed by atoms with Gasteiger partial charge in [-0.3, -0.25) is 4.79 Å². The number of amides is 1. The number of hydrogen-bond donors (Lipinski definition) is 0. The molecule has 0 N–H and O–H groups in total. The van der Waals surface area contributed by atoms with Gasteiger partial charge in [-0.05, 0) is 61.4 Å². The van der Waals surface area contributed by atoms with E-state index in [2.05, 4.69) is 20.8 Å². The van der Waals surface area contributed by atoms with Crippen molar-refractivity contribution in [1.29, 1.82) is 5.26 Å². The van der Waals surface area contributed by atoms with Crippen LogP contribution in [0.4, 0.5) is 13.2 Å². The zero-order valence-corrected chi connectivity index (χ0v) is 20.6. The van der Waals surface area contributed by atoms with E-state index in [0.29, 0.717) is 40.8 Å². The Bertz CT molecular complexity index is 975. The van der Waals surface area contributed by atoms with Crippen molar-refractivity contribution in [3.05, 3.63) is 69.5 Å². The molecule has 1 aliphatic heterocycles. The summed E-state index contributed by atoms with van der Waals surface area (Å²) in [6, 6.07) is 8.89. The van der Waals surface area contributed by atoms with Crippen LogP contribution in [0.1, 0.15) is 57.2 Å². The van der Waals surface area contributed by atoms with Gasteiger partial charge in [0.1, 0.15) is 11.9 Å². The van der Waals surface area contributed by atoms with Crippen LogP contribution in [0.25, 0.3) is 0 Å². The molecule has 3 nitrogen and oxygen atoms in total. The van der Waals surface area contributed by atoms with Crippen molar-refractivity contribution in [1.82, 2.24) is 4.90 Å². The minimum Gasteiger partial charge on any atom is -0.343 e. The van der Waals surface area contributed by atoms with Crippen molar-refractivity contribution in [2.45, 2.75) is 53.9 Å². The van der Waals surface area contributed by atoms with Crippen LogP contribution in [0.15, 0.2) is 30.3 Å². The van der Waals surface area contributed by atoms with Crippen molar-refractivity contribution in [3.8, 4) is 6.07 Å². The number of aryl methyl sites for hydroxylation is 2. The van der Waals surface area contributed by atoms with Gasteiger partial charge in [0.2, 0.25) is 5.91 Å². The highest BCUT2D eigenvalue weighted by Crippen LogP contribution is 2.26. The number of nitriles is 1. The predicted molar refractivity (Wildman–Crippen MR) is 126 cm³/mol. The first kappa shape index (κ1) is 28.5. The summed E-state index contributed by atoms with van der Waals surface area (Å²) in [5, 5.41) is 9.00. The number of likely N-dealkylation sites (tertiary alicyclic amines) is 1. The molecule has 1 heterocycles. The van der Waals surface area contributed by atoms with Crippen molar-refractivity contribution < 1.29 is 18.0 Å². The highest BCUT2D eigenvalue weighted by molar-refractivity contribution is 6.31. The van der Waals surface area contributed by atoms with Gasteiger partial charge in [0.05, 0.1) is 10.6 Å². The smallest absolute Gasteiger partial charge is 0.222 e. The van der Waals surface area contributed by atoms with Gasteiger partial charge >= 0.3 is 0 Å². The number of hydrogen-bond acceptors (Lipinski definition) is 2. The van der Waals surface area contributed by atoms with Gasteiger partial charge in [-0.2, -0.15) is 5.26 Å². The van der Waals surface area contributed by atoms with Crippen molar-refractivity contribution in [3.63, 3.8) is 0 Å². The largest absolute Gasteiger partial charge is 0.343 e. The van der Waals surface area contributed by atoms with Gasteiger partial charge < -0.3 is 4.90 Å². The van der Waals surface area contributed by atoms with E-state index < -0.39 is 17.5 Å². The maximum atomic E-state index is 12.6. The van der Waals surface area contributed by atoms with Crippen LogP contribution < -0.4 is 0 Å². The van der Waals surface area contributed by atoms with Crippen molar-refractivity contribution in [2.24, 2.45) is 11.8 Å². The summed E-state index contributed by atoms with van der Waals surface area (Å²) in [6.07, 6.45) is 2.26. The quantitative estimate of drug-likeness (QED) is 0.438. The van der Waals surface area contributed by atoms with E-state index in [4.69, 9.17) is 16.9 Å². The van der Waals surface area contributed by atoms with Crippen molar-refractivity contribution >= 4 is 17.5 Å². The van der Waals surface area contributed by atoms with Crippen LogP contribution in [0, 0.1) is 47.5 Å². The van der Waals surface area contributed by atoms with Crippen LogP contribution in [0.2, 0.25) is 5.02 Å². The van der Waals surface area contributed by atoms with Gasteiger partial charge in [-0.1, -0.05) is 44.9 Å². The predicted octanol–water partition coefficient (Wildman–Crippen LogP) is 7.09. The van der Waals surface area contributed by atoms with Crippen LogP contribution in [-0.4, -0.2) is 23.9 Å². The Morgan fingerprint density at radius 2 is 1.85 bits per heavy atom. The minimum atomic E-state index is -1.12.